The topological polar surface area (TPSA) is 87.0 Å². The Labute approximate surface area is 115 Å². The van der Waals surface area contributed by atoms with Crippen LogP contribution >= 0.6 is 0 Å². The van der Waals surface area contributed by atoms with Gasteiger partial charge in [0, 0.05) is 5.56 Å². The van der Waals surface area contributed by atoms with Crippen molar-refractivity contribution < 1.29 is 24.9 Å². The minimum Gasteiger partial charge on any atom is -0.504 e. The van der Waals surface area contributed by atoms with Crippen molar-refractivity contribution in [2.24, 2.45) is 0 Å². The molecule has 0 aliphatic heterocycles. The molecular formula is C15H14O5. The molecule has 2 aromatic carbocycles. The third-order valence-corrected chi connectivity index (χ3v) is 2.78. The van der Waals surface area contributed by atoms with Gasteiger partial charge < -0.3 is 20.1 Å². The molecule has 0 aliphatic carbocycles. The van der Waals surface area contributed by atoms with Gasteiger partial charge in [-0.2, -0.15) is 0 Å². The first-order valence-electron chi connectivity index (χ1n) is 6.03. The van der Waals surface area contributed by atoms with Gasteiger partial charge in [0.1, 0.15) is 12.2 Å². The molecule has 0 radical (unpaired) electrons. The smallest absolute Gasteiger partial charge is 0.342 e. The molecule has 3 N–H and O–H groups in total. The van der Waals surface area contributed by atoms with Crippen molar-refractivity contribution in [1.29, 1.82) is 0 Å². The van der Waals surface area contributed by atoms with Gasteiger partial charge in [0.15, 0.2) is 11.5 Å². The molecule has 2 aromatic rings. The largest absolute Gasteiger partial charge is 0.504 e. The molecular weight excluding hydrogens is 260 g/mol. The van der Waals surface area contributed by atoms with Gasteiger partial charge >= 0.3 is 5.97 Å². The van der Waals surface area contributed by atoms with E-state index in [1.807, 2.05) is 6.07 Å². The highest BCUT2D eigenvalue weighted by atomic mass is 16.5. The molecule has 0 aromatic heterocycles. The summed E-state index contributed by atoms with van der Waals surface area (Å²) in [6.07, 6.45) is 0. The van der Waals surface area contributed by atoms with E-state index in [0.29, 0.717) is 5.56 Å². The maximum absolute atomic E-state index is 11.6. The Morgan fingerprint density at radius 3 is 2.35 bits per heavy atom. The Morgan fingerprint density at radius 1 is 1.00 bits per heavy atom. The van der Waals surface area contributed by atoms with Gasteiger partial charge in [0.25, 0.3) is 0 Å². The van der Waals surface area contributed by atoms with E-state index in [1.165, 1.54) is 12.1 Å². The average Bonchev–Trinajstić information content (AvgIpc) is 2.48. The van der Waals surface area contributed by atoms with E-state index in [2.05, 4.69) is 0 Å². The number of aliphatic hydroxyl groups is 1. The fraction of sp³-hybridized carbons (Fsp3) is 0.133. The van der Waals surface area contributed by atoms with Crippen LogP contribution in [-0.2, 0) is 4.74 Å². The lowest BCUT2D eigenvalue weighted by molar-refractivity contribution is 0.0430. The number of phenols is 2. The van der Waals surface area contributed by atoms with E-state index < -0.39 is 11.7 Å². The molecule has 0 fully saturated rings. The molecule has 0 heterocycles. The van der Waals surface area contributed by atoms with Gasteiger partial charge in [0.2, 0.25) is 0 Å². The Balaban J connectivity index is 2.37. The summed E-state index contributed by atoms with van der Waals surface area (Å²) in [5, 5.41) is 28.5. The second-order valence-electron chi connectivity index (χ2n) is 4.08. The molecule has 0 atom stereocenters. The summed E-state index contributed by atoms with van der Waals surface area (Å²) < 4.78 is 4.70. The van der Waals surface area contributed by atoms with Gasteiger partial charge in [0.05, 0.1) is 6.61 Å². The van der Waals surface area contributed by atoms with Crippen LogP contribution < -0.4 is 0 Å². The standard InChI is InChI=1S/C15H14O5/c16-8-9-20-15(19)12-7-6-11(13(17)14(12)18)10-4-2-1-3-5-10/h1-7,16-18H,8-9H2. The number of carbonyl (C=O) groups excluding carboxylic acids is 1. The van der Waals surface area contributed by atoms with Crippen molar-refractivity contribution in [3.63, 3.8) is 0 Å². The number of carbonyl (C=O) groups is 1. The molecule has 0 saturated carbocycles. The first-order valence-corrected chi connectivity index (χ1v) is 6.03. The summed E-state index contributed by atoms with van der Waals surface area (Å²) in [6, 6.07) is 11.9. The minimum absolute atomic E-state index is 0.143. The van der Waals surface area contributed by atoms with Crippen LogP contribution in [0.3, 0.4) is 0 Å². The number of hydrogen-bond donors (Lipinski definition) is 3. The fourth-order valence-corrected chi connectivity index (χ4v) is 1.81. The molecule has 0 bridgehead atoms. The van der Waals surface area contributed by atoms with E-state index in [9.17, 15) is 15.0 Å². The Bertz CT molecular complexity index is 607. The normalized spacial score (nSPS) is 10.2. The van der Waals surface area contributed by atoms with Crippen LogP contribution in [0.2, 0.25) is 0 Å². The van der Waals surface area contributed by atoms with E-state index in [0.717, 1.165) is 5.56 Å². The van der Waals surface area contributed by atoms with Gasteiger partial charge in [-0.15, -0.1) is 0 Å². The Hall–Kier alpha value is -2.53. The molecule has 5 heteroatoms. The molecule has 104 valence electrons. The summed E-state index contributed by atoms with van der Waals surface area (Å²) in [4.78, 5) is 11.6. The minimum atomic E-state index is -0.800. The molecule has 20 heavy (non-hydrogen) atoms. The van der Waals surface area contributed by atoms with Gasteiger partial charge in [-0.05, 0) is 17.7 Å². The van der Waals surface area contributed by atoms with Crippen molar-refractivity contribution in [3.8, 4) is 22.6 Å². The van der Waals surface area contributed by atoms with Crippen LogP contribution in [0.1, 0.15) is 10.4 Å². The lowest BCUT2D eigenvalue weighted by Crippen LogP contribution is -2.09. The van der Waals surface area contributed by atoms with Crippen molar-refractivity contribution in [3.05, 3.63) is 48.0 Å². The summed E-state index contributed by atoms with van der Waals surface area (Å²) in [5.74, 6) is -1.71. The van der Waals surface area contributed by atoms with Crippen LogP contribution in [0, 0.1) is 0 Å². The maximum Gasteiger partial charge on any atom is 0.342 e. The zero-order valence-electron chi connectivity index (χ0n) is 10.6. The summed E-state index contributed by atoms with van der Waals surface area (Å²) in [7, 11) is 0. The van der Waals surface area contributed by atoms with Crippen molar-refractivity contribution >= 4 is 5.97 Å². The number of aromatic hydroxyl groups is 2. The van der Waals surface area contributed by atoms with E-state index >= 15 is 0 Å². The van der Waals surface area contributed by atoms with Crippen LogP contribution in [0.25, 0.3) is 11.1 Å². The second kappa shape index (κ2) is 6.08. The SMILES string of the molecule is O=C(OCCO)c1ccc(-c2ccccc2)c(O)c1O. The quantitative estimate of drug-likeness (QED) is 0.585. The Morgan fingerprint density at radius 2 is 1.70 bits per heavy atom. The van der Waals surface area contributed by atoms with Crippen molar-refractivity contribution in [1.82, 2.24) is 0 Å². The number of aliphatic hydroxyl groups excluding tert-OH is 1. The molecule has 0 unspecified atom stereocenters. The summed E-state index contributed by atoms with van der Waals surface area (Å²) in [5.41, 5.74) is 0.994. The number of hydrogen-bond acceptors (Lipinski definition) is 5. The highest BCUT2D eigenvalue weighted by Crippen LogP contribution is 2.38. The lowest BCUT2D eigenvalue weighted by Gasteiger charge is -2.10. The van der Waals surface area contributed by atoms with Crippen molar-refractivity contribution in [2.75, 3.05) is 13.2 Å². The van der Waals surface area contributed by atoms with Crippen LogP contribution in [0.4, 0.5) is 0 Å². The van der Waals surface area contributed by atoms with E-state index in [4.69, 9.17) is 9.84 Å². The summed E-state index contributed by atoms with van der Waals surface area (Å²) in [6.45, 7) is -0.472. The first-order chi connectivity index (χ1) is 9.65. The lowest BCUT2D eigenvalue weighted by atomic mass is 10.0. The molecule has 0 amide bonds. The molecule has 5 nitrogen and oxygen atoms in total. The zero-order chi connectivity index (χ0) is 14.5. The van der Waals surface area contributed by atoms with Gasteiger partial charge in [-0.1, -0.05) is 30.3 Å². The van der Waals surface area contributed by atoms with E-state index in [1.54, 1.807) is 24.3 Å². The first kappa shape index (κ1) is 13.9. The third kappa shape index (κ3) is 2.73. The zero-order valence-corrected chi connectivity index (χ0v) is 10.6. The van der Waals surface area contributed by atoms with Gasteiger partial charge in [-0.3, -0.25) is 0 Å². The predicted octanol–water partition coefficient (Wildman–Crippen LogP) is 1.91. The maximum atomic E-state index is 11.6. The highest BCUT2D eigenvalue weighted by Gasteiger charge is 2.19. The van der Waals surface area contributed by atoms with E-state index in [-0.39, 0.29) is 24.5 Å². The van der Waals surface area contributed by atoms with Crippen LogP contribution in [-0.4, -0.2) is 34.5 Å². The van der Waals surface area contributed by atoms with Crippen molar-refractivity contribution in [2.45, 2.75) is 0 Å². The highest BCUT2D eigenvalue weighted by molar-refractivity contribution is 5.95. The number of benzene rings is 2. The number of rotatable bonds is 4. The molecule has 0 spiro atoms. The fourth-order valence-electron chi connectivity index (χ4n) is 1.81. The molecule has 0 saturated heterocycles. The average molecular weight is 274 g/mol. The molecule has 2 rings (SSSR count). The monoisotopic (exact) mass is 274 g/mol. The second-order valence-corrected chi connectivity index (χ2v) is 4.08. The number of ether oxygens (including phenoxy) is 1. The number of phenolic OH excluding ortho intramolecular Hbond substituents is 2. The van der Waals surface area contributed by atoms with Gasteiger partial charge in [-0.25, -0.2) is 4.79 Å². The number of esters is 1. The summed E-state index contributed by atoms with van der Waals surface area (Å²) >= 11 is 0. The Kier molecular flexibility index (Phi) is 4.22. The molecule has 0 aliphatic rings. The van der Waals surface area contributed by atoms with Crippen LogP contribution in [0.15, 0.2) is 42.5 Å². The predicted molar refractivity (Wildman–Crippen MR) is 72.6 cm³/mol. The third-order valence-electron chi connectivity index (χ3n) is 2.78. The van der Waals surface area contributed by atoms with Crippen LogP contribution in [0.5, 0.6) is 11.5 Å².